The third kappa shape index (κ3) is 1.80. The molecule has 0 N–H and O–H groups in total. The van der Waals surface area contributed by atoms with Crippen molar-refractivity contribution in [3.05, 3.63) is 12.2 Å². The van der Waals surface area contributed by atoms with Gasteiger partial charge in [-0.05, 0) is 12.2 Å². The predicted molar refractivity (Wildman–Crippen MR) is 37.5 cm³/mol. The van der Waals surface area contributed by atoms with Gasteiger partial charge in [0.2, 0.25) is 0 Å². The van der Waals surface area contributed by atoms with Crippen molar-refractivity contribution in [2.24, 2.45) is 4.99 Å². The van der Waals surface area contributed by atoms with E-state index in [1.165, 1.54) is 0 Å². The monoisotopic (exact) mass is 133 g/mol. The van der Waals surface area contributed by atoms with Crippen molar-refractivity contribution in [2.75, 3.05) is 0 Å². The molecule has 0 aromatic heterocycles. The summed E-state index contributed by atoms with van der Waals surface area (Å²) in [4.78, 5) is 4.41. The first kappa shape index (κ1) is 6.79. The van der Waals surface area contributed by atoms with Crippen molar-refractivity contribution in [3.8, 4) is 0 Å². The van der Waals surface area contributed by atoms with Crippen molar-refractivity contribution in [1.29, 1.82) is 0 Å². The van der Waals surface area contributed by atoms with E-state index in [0.29, 0.717) is 4.99 Å². The molecule has 1 aliphatic heterocycles. The number of halogens is 1. The third-order valence-electron chi connectivity index (χ3n) is 0.527. The summed E-state index contributed by atoms with van der Waals surface area (Å²) in [6, 6.07) is 0. The molecule has 0 aromatic rings. The highest BCUT2D eigenvalue weighted by Gasteiger charge is 1.84. The lowest BCUT2D eigenvalue weighted by Crippen LogP contribution is -1.69. The van der Waals surface area contributed by atoms with Crippen molar-refractivity contribution < 1.29 is 0 Å². The van der Waals surface area contributed by atoms with Gasteiger partial charge in [0.25, 0.3) is 0 Å². The summed E-state index contributed by atoms with van der Waals surface area (Å²) in [5.74, 6) is 0. The lowest BCUT2D eigenvalue weighted by Gasteiger charge is -1.67. The molecule has 0 fully saturated rings. The lowest BCUT2D eigenvalue weighted by atomic mass is 10.6. The smallest absolute Gasteiger partial charge is 0.126 e. The molecule has 3 heteroatoms. The lowest BCUT2D eigenvalue weighted by molar-refractivity contribution is 1.86. The second-order valence-electron chi connectivity index (χ2n) is 0.976. The highest BCUT2D eigenvalue weighted by atomic mass is 35.5. The average molecular weight is 134 g/mol. The topological polar surface area (TPSA) is 12.4 Å². The molecule has 0 spiro atoms. The first-order valence-corrected chi connectivity index (χ1v) is 2.05. The van der Waals surface area contributed by atoms with Crippen LogP contribution < -0.4 is 0 Å². The zero-order chi connectivity index (χ0) is 4.41. The Morgan fingerprint density at radius 3 is 2.43 bits per heavy atom. The summed E-state index contributed by atoms with van der Waals surface area (Å²) in [6.07, 6.45) is 5.29. The summed E-state index contributed by atoms with van der Waals surface area (Å²) in [5, 5.41) is 0. The molecule has 38 valence electrons. The van der Waals surface area contributed by atoms with E-state index in [1.54, 1.807) is 12.3 Å². The molecule has 0 aromatic carbocycles. The van der Waals surface area contributed by atoms with Gasteiger partial charge in [0.15, 0.2) is 0 Å². The first-order chi connectivity index (χ1) is 2.89. The Labute approximate surface area is 53.5 Å². The maximum absolute atomic E-state index is 4.63. The number of aliphatic imine (C=N–C) groups is 1. The third-order valence-corrected chi connectivity index (χ3v) is 0.768. The minimum Gasteiger partial charge on any atom is -0.245 e. The SMILES string of the molecule is Cl.S=C1C=CC=N1. The van der Waals surface area contributed by atoms with E-state index in [1.807, 2.05) is 6.08 Å². The van der Waals surface area contributed by atoms with Crippen LogP contribution in [0.2, 0.25) is 0 Å². The number of hydrogen-bond acceptors (Lipinski definition) is 1. The van der Waals surface area contributed by atoms with Gasteiger partial charge in [0, 0.05) is 6.21 Å². The molecular formula is C4H4ClNS. The maximum atomic E-state index is 4.63. The van der Waals surface area contributed by atoms with E-state index in [-0.39, 0.29) is 12.4 Å². The van der Waals surface area contributed by atoms with E-state index in [9.17, 15) is 0 Å². The second-order valence-corrected chi connectivity index (χ2v) is 1.39. The van der Waals surface area contributed by atoms with Crippen LogP contribution in [-0.2, 0) is 0 Å². The van der Waals surface area contributed by atoms with Gasteiger partial charge in [-0.25, -0.2) is 4.99 Å². The highest BCUT2D eigenvalue weighted by molar-refractivity contribution is 7.80. The van der Waals surface area contributed by atoms with Crippen molar-refractivity contribution in [1.82, 2.24) is 0 Å². The molecule has 0 amide bonds. The minimum absolute atomic E-state index is 0. The molecule has 7 heavy (non-hydrogen) atoms. The fourth-order valence-corrected chi connectivity index (χ4v) is 0.424. The van der Waals surface area contributed by atoms with Crippen LogP contribution in [0.25, 0.3) is 0 Å². The van der Waals surface area contributed by atoms with Gasteiger partial charge < -0.3 is 0 Å². The van der Waals surface area contributed by atoms with Crippen LogP contribution in [-0.4, -0.2) is 11.2 Å². The van der Waals surface area contributed by atoms with Crippen LogP contribution in [0.1, 0.15) is 0 Å². The number of allylic oxidation sites excluding steroid dienone is 1. The molecule has 1 aliphatic rings. The van der Waals surface area contributed by atoms with E-state index in [2.05, 4.69) is 17.2 Å². The van der Waals surface area contributed by atoms with Crippen LogP contribution in [0, 0.1) is 0 Å². The van der Waals surface area contributed by atoms with Crippen LogP contribution in [0.15, 0.2) is 17.1 Å². The van der Waals surface area contributed by atoms with Gasteiger partial charge in [-0.1, -0.05) is 12.2 Å². The highest BCUT2D eigenvalue weighted by Crippen LogP contribution is 1.87. The summed E-state index contributed by atoms with van der Waals surface area (Å²) in [6.45, 7) is 0. The van der Waals surface area contributed by atoms with Gasteiger partial charge in [-0.2, -0.15) is 0 Å². The molecule has 1 nitrogen and oxygen atoms in total. The Balaban J connectivity index is 0.000000360. The number of thiocarbonyl (C=S) groups is 1. The predicted octanol–water partition coefficient (Wildman–Crippen LogP) is 1.38. The molecular weight excluding hydrogens is 130 g/mol. The largest absolute Gasteiger partial charge is 0.245 e. The number of nitrogens with zero attached hydrogens (tertiary/aromatic N) is 1. The zero-order valence-electron chi connectivity index (χ0n) is 3.50. The van der Waals surface area contributed by atoms with Gasteiger partial charge in [-0.3, -0.25) is 0 Å². The first-order valence-electron chi connectivity index (χ1n) is 1.64. The molecule has 0 saturated carbocycles. The van der Waals surface area contributed by atoms with E-state index < -0.39 is 0 Å². The quantitative estimate of drug-likeness (QED) is 0.455. The van der Waals surface area contributed by atoms with Crippen LogP contribution in [0.3, 0.4) is 0 Å². The van der Waals surface area contributed by atoms with E-state index in [4.69, 9.17) is 0 Å². The van der Waals surface area contributed by atoms with Gasteiger partial charge in [-0.15, -0.1) is 12.4 Å². The zero-order valence-corrected chi connectivity index (χ0v) is 5.13. The van der Waals surface area contributed by atoms with E-state index >= 15 is 0 Å². The summed E-state index contributed by atoms with van der Waals surface area (Å²) in [7, 11) is 0. The summed E-state index contributed by atoms with van der Waals surface area (Å²) < 4.78 is 0. The molecule has 0 aliphatic carbocycles. The minimum atomic E-state index is 0. The maximum Gasteiger partial charge on any atom is 0.126 e. The number of hydrogen-bond donors (Lipinski definition) is 0. The molecule has 0 bridgehead atoms. The van der Waals surface area contributed by atoms with Crippen molar-refractivity contribution >= 4 is 35.8 Å². The van der Waals surface area contributed by atoms with Gasteiger partial charge in [0.1, 0.15) is 4.99 Å². The molecule has 0 saturated heterocycles. The Bertz CT molecular complexity index is 114. The molecule has 1 rings (SSSR count). The fraction of sp³-hybridized carbons (Fsp3) is 0. The molecule has 0 atom stereocenters. The Kier molecular flexibility index (Phi) is 2.79. The van der Waals surface area contributed by atoms with Gasteiger partial charge >= 0.3 is 0 Å². The van der Waals surface area contributed by atoms with Gasteiger partial charge in [0.05, 0.1) is 0 Å². The Morgan fingerprint density at radius 2 is 2.29 bits per heavy atom. The Morgan fingerprint density at radius 1 is 1.57 bits per heavy atom. The molecule has 1 heterocycles. The second kappa shape index (κ2) is 2.88. The fourth-order valence-electron chi connectivity index (χ4n) is 0.285. The van der Waals surface area contributed by atoms with Crippen LogP contribution in [0.5, 0.6) is 0 Å². The van der Waals surface area contributed by atoms with Crippen molar-refractivity contribution in [2.45, 2.75) is 0 Å². The van der Waals surface area contributed by atoms with Crippen LogP contribution in [0.4, 0.5) is 0 Å². The van der Waals surface area contributed by atoms with E-state index in [0.717, 1.165) is 0 Å². The molecule has 0 radical (unpaired) electrons. The number of rotatable bonds is 0. The molecule has 0 unspecified atom stereocenters. The van der Waals surface area contributed by atoms with Crippen LogP contribution >= 0.6 is 24.6 Å². The summed E-state index contributed by atoms with van der Waals surface area (Å²) >= 11 is 4.63. The van der Waals surface area contributed by atoms with Crippen molar-refractivity contribution in [3.63, 3.8) is 0 Å². The Hall–Kier alpha value is -0.210. The average Bonchev–Trinajstić information content (AvgIpc) is 1.86. The standard InChI is InChI=1S/C4H3NS.ClH/c6-4-2-1-3-5-4;/h1-3H;1H. The summed E-state index contributed by atoms with van der Waals surface area (Å²) in [5.41, 5.74) is 0. The normalized spacial score (nSPS) is 14.6.